The molecule has 3 aromatic carbocycles. The first-order valence-electron chi connectivity index (χ1n) is 9.21. The number of rotatable bonds is 5. The van der Waals surface area contributed by atoms with Crippen LogP contribution in [0.1, 0.15) is 23.6 Å². The number of fused-ring (bicyclic) bond motifs is 1. The fourth-order valence-corrected chi connectivity index (χ4v) is 3.46. The molecule has 6 nitrogen and oxygen atoms in total. The first-order valence-corrected chi connectivity index (χ1v) is 9.21. The fraction of sp³-hybridized carbons (Fsp3) is 0.182. The van der Waals surface area contributed by atoms with Crippen LogP contribution in [-0.4, -0.2) is 25.3 Å². The molecule has 0 aromatic heterocycles. The van der Waals surface area contributed by atoms with E-state index < -0.39 is 0 Å². The monoisotopic (exact) mass is 374 g/mol. The van der Waals surface area contributed by atoms with Gasteiger partial charge in [-0.3, -0.25) is 4.79 Å². The van der Waals surface area contributed by atoms with Crippen LogP contribution in [0, 0.1) is 0 Å². The summed E-state index contributed by atoms with van der Waals surface area (Å²) in [5, 5.41) is 6.28. The quantitative estimate of drug-likeness (QED) is 0.474. The first kappa shape index (κ1) is 18.2. The minimum Gasteiger partial charge on any atom is -0.496 e. The van der Waals surface area contributed by atoms with Gasteiger partial charge in [-0.2, -0.15) is 5.10 Å². The summed E-state index contributed by atoms with van der Waals surface area (Å²) in [6, 6.07) is 21.7. The number of carbonyl (C=O) groups excluding carboxylic acids is 1. The van der Waals surface area contributed by atoms with E-state index in [4.69, 9.17) is 4.74 Å². The molecule has 3 aromatic rings. The first-order chi connectivity index (χ1) is 13.8. The Balaban J connectivity index is 1.44. The van der Waals surface area contributed by atoms with Gasteiger partial charge in [-0.25, -0.2) is 16.3 Å². The predicted molar refractivity (Wildman–Crippen MR) is 110 cm³/mol. The molecule has 2 atom stereocenters. The van der Waals surface area contributed by atoms with Gasteiger partial charge in [-0.05, 0) is 28.8 Å². The summed E-state index contributed by atoms with van der Waals surface area (Å²) in [6.07, 6.45) is 2.29. The molecular weight excluding hydrogens is 352 g/mol. The lowest BCUT2D eigenvalue weighted by Crippen LogP contribution is -2.41. The third-order valence-electron chi connectivity index (χ3n) is 4.94. The molecule has 6 heteroatoms. The van der Waals surface area contributed by atoms with E-state index in [1.807, 2.05) is 66.7 Å². The minimum atomic E-state index is -0.350. The molecular formula is C22H22N4O2. The molecule has 0 aliphatic carbocycles. The molecule has 1 aliphatic heterocycles. The lowest BCUT2D eigenvalue weighted by atomic mass is 10.0. The molecule has 0 saturated carbocycles. The Morgan fingerprint density at radius 1 is 1.07 bits per heavy atom. The van der Waals surface area contributed by atoms with Crippen LogP contribution >= 0.6 is 0 Å². The topological polar surface area (TPSA) is 74.8 Å². The molecule has 1 heterocycles. The summed E-state index contributed by atoms with van der Waals surface area (Å²) in [5.41, 5.74) is 10.8. The van der Waals surface area contributed by atoms with Crippen LogP contribution in [0.25, 0.3) is 10.8 Å². The number of hydrazine groups is 1. The maximum atomic E-state index is 12.5. The smallest absolute Gasteiger partial charge is 0.258 e. The SMILES string of the molecule is COc1ccc2ccccc2c1/C=N/NC(=O)C1CC(c2ccccc2)NN1. The minimum absolute atomic E-state index is 0.0964. The highest BCUT2D eigenvalue weighted by atomic mass is 16.5. The normalized spacial score (nSPS) is 19.2. The van der Waals surface area contributed by atoms with Crippen molar-refractivity contribution >= 4 is 22.9 Å². The Bertz CT molecular complexity index is 1000. The molecule has 0 bridgehead atoms. The summed E-state index contributed by atoms with van der Waals surface area (Å²) < 4.78 is 5.45. The summed E-state index contributed by atoms with van der Waals surface area (Å²) in [5.74, 6) is 0.530. The average Bonchev–Trinajstić information content (AvgIpc) is 3.25. The van der Waals surface area contributed by atoms with Gasteiger partial charge in [-0.1, -0.05) is 60.7 Å². The van der Waals surface area contributed by atoms with Gasteiger partial charge in [0, 0.05) is 11.6 Å². The lowest BCUT2D eigenvalue weighted by Gasteiger charge is -2.09. The molecule has 0 spiro atoms. The van der Waals surface area contributed by atoms with Gasteiger partial charge in [0.05, 0.1) is 13.3 Å². The molecule has 1 saturated heterocycles. The van der Waals surface area contributed by atoms with Crippen LogP contribution in [0.2, 0.25) is 0 Å². The molecule has 2 unspecified atom stereocenters. The van der Waals surface area contributed by atoms with E-state index in [1.165, 1.54) is 0 Å². The zero-order valence-electron chi connectivity index (χ0n) is 15.6. The lowest BCUT2D eigenvalue weighted by molar-refractivity contribution is -0.122. The maximum Gasteiger partial charge on any atom is 0.258 e. The highest BCUT2D eigenvalue weighted by Crippen LogP contribution is 2.26. The average molecular weight is 374 g/mol. The standard InChI is InChI=1S/C22H22N4O2/c1-28-21-12-11-15-7-5-6-10-17(15)18(21)14-23-26-22(27)20-13-19(24-25-20)16-8-3-2-4-9-16/h2-12,14,19-20,24-25H,13H2,1H3,(H,26,27)/b23-14+. The molecule has 1 fully saturated rings. The fourth-order valence-electron chi connectivity index (χ4n) is 3.46. The second-order valence-corrected chi connectivity index (χ2v) is 6.68. The summed E-state index contributed by atoms with van der Waals surface area (Å²) in [7, 11) is 1.62. The third-order valence-corrected chi connectivity index (χ3v) is 4.94. The van der Waals surface area contributed by atoms with Crippen LogP contribution in [0.4, 0.5) is 0 Å². The Labute approximate surface area is 163 Å². The number of nitrogens with one attached hydrogen (secondary N) is 3. The Morgan fingerprint density at radius 3 is 2.68 bits per heavy atom. The van der Waals surface area contributed by atoms with Gasteiger partial charge >= 0.3 is 0 Å². The van der Waals surface area contributed by atoms with Crippen molar-refractivity contribution in [3.8, 4) is 5.75 Å². The van der Waals surface area contributed by atoms with Crippen molar-refractivity contribution in [3.63, 3.8) is 0 Å². The summed E-state index contributed by atoms with van der Waals surface area (Å²) in [6.45, 7) is 0. The zero-order valence-corrected chi connectivity index (χ0v) is 15.6. The molecule has 1 amide bonds. The predicted octanol–water partition coefficient (Wildman–Crippen LogP) is 2.91. The van der Waals surface area contributed by atoms with Gasteiger partial charge in [0.25, 0.3) is 5.91 Å². The van der Waals surface area contributed by atoms with Gasteiger partial charge in [0.15, 0.2) is 0 Å². The largest absolute Gasteiger partial charge is 0.496 e. The van der Waals surface area contributed by atoms with Crippen LogP contribution in [0.5, 0.6) is 5.75 Å². The van der Waals surface area contributed by atoms with Crippen LogP contribution in [0.15, 0.2) is 71.8 Å². The molecule has 28 heavy (non-hydrogen) atoms. The van der Waals surface area contributed by atoms with Crippen LogP contribution in [0.3, 0.4) is 0 Å². The molecule has 1 aliphatic rings. The number of nitrogens with zero attached hydrogens (tertiary/aromatic N) is 1. The highest BCUT2D eigenvalue weighted by Gasteiger charge is 2.29. The number of ether oxygens (including phenoxy) is 1. The summed E-state index contributed by atoms with van der Waals surface area (Å²) >= 11 is 0. The third kappa shape index (κ3) is 3.74. The Kier molecular flexibility index (Phi) is 5.32. The number of methoxy groups -OCH3 is 1. The molecule has 4 rings (SSSR count). The number of benzene rings is 3. The zero-order chi connectivity index (χ0) is 19.3. The second-order valence-electron chi connectivity index (χ2n) is 6.68. The van der Waals surface area contributed by atoms with Gasteiger partial charge in [0.1, 0.15) is 11.8 Å². The van der Waals surface area contributed by atoms with Crippen molar-refractivity contribution < 1.29 is 9.53 Å². The van der Waals surface area contributed by atoms with Crippen molar-refractivity contribution in [2.24, 2.45) is 5.10 Å². The van der Waals surface area contributed by atoms with Crippen LogP contribution < -0.4 is 21.0 Å². The van der Waals surface area contributed by atoms with Gasteiger partial charge in [-0.15, -0.1) is 0 Å². The van der Waals surface area contributed by atoms with E-state index in [-0.39, 0.29) is 18.0 Å². The summed E-state index contributed by atoms with van der Waals surface area (Å²) in [4.78, 5) is 12.5. The number of hydrogen-bond acceptors (Lipinski definition) is 5. The maximum absolute atomic E-state index is 12.5. The van der Waals surface area contributed by atoms with Crippen LogP contribution in [-0.2, 0) is 4.79 Å². The van der Waals surface area contributed by atoms with E-state index in [2.05, 4.69) is 21.4 Å². The molecule has 3 N–H and O–H groups in total. The Morgan fingerprint density at radius 2 is 1.86 bits per heavy atom. The van der Waals surface area contributed by atoms with Gasteiger partial charge in [0.2, 0.25) is 0 Å². The van der Waals surface area contributed by atoms with Crippen molar-refractivity contribution in [1.82, 2.24) is 16.3 Å². The number of hydrogen-bond donors (Lipinski definition) is 3. The molecule has 142 valence electrons. The number of hydrazone groups is 1. The Hall–Kier alpha value is -3.22. The highest BCUT2D eigenvalue weighted by molar-refractivity contribution is 6.02. The number of carbonyl (C=O) groups is 1. The second kappa shape index (κ2) is 8.21. The van der Waals surface area contributed by atoms with E-state index in [9.17, 15) is 4.79 Å². The van der Waals surface area contributed by atoms with E-state index in [1.54, 1.807) is 13.3 Å². The van der Waals surface area contributed by atoms with Gasteiger partial charge < -0.3 is 4.74 Å². The van der Waals surface area contributed by atoms with Crippen molar-refractivity contribution in [3.05, 3.63) is 77.9 Å². The number of amides is 1. The van der Waals surface area contributed by atoms with E-state index >= 15 is 0 Å². The van der Waals surface area contributed by atoms with Crippen molar-refractivity contribution in [2.75, 3.05) is 7.11 Å². The van der Waals surface area contributed by atoms with Crippen molar-refractivity contribution in [1.29, 1.82) is 0 Å². The molecule has 0 radical (unpaired) electrons. The van der Waals surface area contributed by atoms with Crippen molar-refractivity contribution in [2.45, 2.75) is 18.5 Å². The van der Waals surface area contributed by atoms with E-state index in [0.29, 0.717) is 12.2 Å². The van der Waals surface area contributed by atoms with E-state index in [0.717, 1.165) is 21.9 Å².